The summed E-state index contributed by atoms with van der Waals surface area (Å²) < 4.78 is 0. The fourth-order valence-electron chi connectivity index (χ4n) is 2.49. The first-order chi connectivity index (χ1) is 6.35. The van der Waals surface area contributed by atoms with E-state index in [0.29, 0.717) is 12.3 Å². The summed E-state index contributed by atoms with van der Waals surface area (Å²) in [5.41, 5.74) is 0.00127. The van der Waals surface area contributed by atoms with Crippen LogP contribution in [-0.2, 0) is 9.59 Å². The van der Waals surface area contributed by atoms with E-state index in [1.165, 1.54) is 0 Å². The zero-order chi connectivity index (χ0) is 10.9. The van der Waals surface area contributed by atoms with Crippen molar-refractivity contribution in [2.45, 2.75) is 40.0 Å². The zero-order valence-electron chi connectivity index (χ0n) is 9.04. The van der Waals surface area contributed by atoms with E-state index >= 15 is 0 Å². The summed E-state index contributed by atoms with van der Waals surface area (Å²) in [5.74, 6) is 0.0300. The smallest absolute Gasteiger partial charge is 0.303 e. The maximum absolute atomic E-state index is 11.2. The lowest BCUT2D eigenvalue weighted by atomic mass is 9.52. The largest absolute Gasteiger partial charge is 0.481 e. The Kier molecular flexibility index (Phi) is 2.98. The Morgan fingerprint density at radius 3 is 2.36 bits per heavy atom. The van der Waals surface area contributed by atoms with Gasteiger partial charge in [0.05, 0.1) is 0 Å². The van der Waals surface area contributed by atoms with Crippen molar-refractivity contribution in [3.63, 3.8) is 0 Å². The third-order valence-electron chi connectivity index (χ3n) is 3.67. The summed E-state index contributed by atoms with van der Waals surface area (Å²) in [5, 5.41) is 8.56. The fourth-order valence-corrected chi connectivity index (χ4v) is 2.49. The van der Waals surface area contributed by atoms with Gasteiger partial charge in [-0.15, -0.1) is 0 Å². The van der Waals surface area contributed by atoms with Crippen LogP contribution in [0.15, 0.2) is 0 Å². The van der Waals surface area contributed by atoms with Crippen molar-refractivity contribution in [1.29, 1.82) is 0 Å². The Hall–Kier alpha value is -0.860. The summed E-state index contributed by atoms with van der Waals surface area (Å²) in [6, 6.07) is 0. The molecule has 1 fully saturated rings. The first-order valence-electron chi connectivity index (χ1n) is 5.08. The molecule has 3 heteroatoms. The van der Waals surface area contributed by atoms with E-state index in [1.807, 2.05) is 0 Å². The molecule has 1 N–H and O–H groups in total. The minimum absolute atomic E-state index is 0.00127. The highest BCUT2D eigenvalue weighted by Crippen LogP contribution is 2.53. The first-order valence-corrected chi connectivity index (χ1v) is 5.08. The van der Waals surface area contributed by atoms with Crippen molar-refractivity contribution >= 4 is 11.8 Å². The highest BCUT2D eigenvalue weighted by atomic mass is 16.4. The third kappa shape index (κ3) is 1.97. The average Bonchev–Trinajstić information content (AvgIpc) is 2.00. The van der Waals surface area contributed by atoms with E-state index < -0.39 is 5.97 Å². The lowest BCUT2D eigenvalue weighted by Crippen LogP contribution is -2.48. The molecule has 1 saturated carbocycles. The van der Waals surface area contributed by atoms with Gasteiger partial charge < -0.3 is 5.11 Å². The minimum atomic E-state index is -0.743. The molecule has 0 radical (unpaired) electrons. The van der Waals surface area contributed by atoms with E-state index in [9.17, 15) is 9.59 Å². The van der Waals surface area contributed by atoms with Crippen molar-refractivity contribution in [1.82, 2.24) is 0 Å². The third-order valence-corrected chi connectivity index (χ3v) is 3.67. The number of rotatable bonds is 4. The van der Waals surface area contributed by atoms with Crippen LogP contribution in [0.3, 0.4) is 0 Å². The summed E-state index contributed by atoms with van der Waals surface area (Å²) in [6.07, 6.45) is 1.79. The fraction of sp³-hybridized carbons (Fsp3) is 0.818. The molecule has 0 saturated heterocycles. The molecule has 1 rings (SSSR count). The van der Waals surface area contributed by atoms with Gasteiger partial charge in [-0.1, -0.05) is 13.8 Å². The predicted molar refractivity (Wildman–Crippen MR) is 52.9 cm³/mol. The lowest BCUT2D eigenvalue weighted by molar-refractivity contribution is -0.140. The number of carbonyl (C=O) groups is 2. The van der Waals surface area contributed by atoms with Crippen molar-refractivity contribution in [3.8, 4) is 0 Å². The van der Waals surface area contributed by atoms with Gasteiger partial charge in [0.25, 0.3) is 0 Å². The highest BCUT2D eigenvalue weighted by molar-refractivity contribution is 5.80. The Morgan fingerprint density at radius 1 is 1.43 bits per heavy atom. The van der Waals surface area contributed by atoms with Gasteiger partial charge >= 0.3 is 5.97 Å². The standard InChI is InChI=1S/C11H18O3/c1-7(12)9-6-8(11(9,2)3)4-5-10(13)14/h8-9H,4-6H2,1-3H3,(H,13,14)/t8-,9+/m0/s1. The molecule has 0 aromatic heterocycles. The van der Waals surface area contributed by atoms with Crippen molar-refractivity contribution < 1.29 is 14.7 Å². The minimum Gasteiger partial charge on any atom is -0.481 e. The lowest BCUT2D eigenvalue weighted by Gasteiger charge is -2.51. The van der Waals surface area contributed by atoms with E-state index in [-0.39, 0.29) is 23.5 Å². The Morgan fingerprint density at radius 2 is 2.00 bits per heavy atom. The van der Waals surface area contributed by atoms with Crippen molar-refractivity contribution in [2.75, 3.05) is 0 Å². The molecule has 2 atom stereocenters. The number of carboxylic acid groups (broad SMARTS) is 1. The van der Waals surface area contributed by atoms with Crippen molar-refractivity contribution in [3.05, 3.63) is 0 Å². The van der Waals surface area contributed by atoms with Crippen LogP contribution in [0.2, 0.25) is 0 Å². The van der Waals surface area contributed by atoms with Crippen LogP contribution in [0.4, 0.5) is 0 Å². The van der Waals surface area contributed by atoms with E-state index in [1.54, 1.807) is 6.92 Å². The number of hydrogen-bond acceptors (Lipinski definition) is 2. The number of Topliss-reactive ketones (excluding diaryl/α,β-unsaturated/α-hetero) is 1. The molecule has 80 valence electrons. The molecule has 3 nitrogen and oxygen atoms in total. The second kappa shape index (κ2) is 3.71. The average molecular weight is 198 g/mol. The van der Waals surface area contributed by atoms with E-state index in [0.717, 1.165) is 6.42 Å². The maximum atomic E-state index is 11.2. The van der Waals surface area contributed by atoms with Crippen LogP contribution in [0, 0.1) is 17.3 Å². The number of carbonyl (C=O) groups excluding carboxylic acids is 1. The molecule has 0 aromatic rings. The van der Waals surface area contributed by atoms with Crippen LogP contribution in [0.1, 0.15) is 40.0 Å². The van der Waals surface area contributed by atoms with Gasteiger partial charge in [-0.05, 0) is 31.1 Å². The number of aliphatic carboxylic acids is 1. The summed E-state index contributed by atoms with van der Waals surface area (Å²) in [7, 11) is 0. The quantitative estimate of drug-likeness (QED) is 0.752. The molecule has 0 heterocycles. The monoisotopic (exact) mass is 198 g/mol. The van der Waals surface area contributed by atoms with Gasteiger partial charge in [-0.25, -0.2) is 0 Å². The normalized spacial score (nSPS) is 29.4. The SMILES string of the molecule is CC(=O)[C@H]1C[C@H](CCC(=O)O)C1(C)C. The summed E-state index contributed by atoms with van der Waals surface area (Å²) >= 11 is 0. The number of carboxylic acids is 1. The first kappa shape index (κ1) is 11.2. The Balaban J connectivity index is 2.46. The Bertz CT molecular complexity index is 253. The molecule has 0 bridgehead atoms. The van der Waals surface area contributed by atoms with Crippen LogP contribution in [0.25, 0.3) is 0 Å². The van der Waals surface area contributed by atoms with Crippen LogP contribution in [-0.4, -0.2) is 16.9 Å². The van der Waals surface area contributed by atoms with Crippen LogP contribution >= 0.6 is 0 Å². The van der Waals surface area contributed by atoms with Gasteiger partial charge in [0, 0.05) is 12.3 Å². The molecule has 0 spiro atoms. The highest BCUT2D eigenvalue weighted by Gasteiger charge is 2.49. The summed E-state index contributed by atoms with van der Waals surface area (Å²) in [6.45, 7) is 5.75. The maximum Gasteiger partial charge on any atom is 0.303 e. The van der Waals surface area contributed by atoms with Gasteiger partial charge in [0.2, 0.25) is 0 Å². The predicted octanol–water partition coefficient (Wildman–Crippen LogP) is 2.10. The van der Waals surface area contributed by atoms with Crippen molar-refractivity contribution in [2.24, 2.45) is 17.3 Å². The molecule has 0 amide bonds. The molecule has 0 aliphatic heterocycles. The van der Waals surface area contributed by atoms with Gasteiger partial charge in [-0.3, -0.25) is 9.59 Å². The second-order valence-corrected chi connectivity index (χ2v) is 4.85. The molecule has 1 aliphatic rings. The van der Waals surface area contributed by atoms with Crippen LogP contribution < -0.4 is 0 Å². The van der Waals surface area contributed by atoms with Gasteiger partial charge in [0.1, 0.15) is 5.78 Å². The van der Waals surface area contributed by atoms with Crippen LogP contribution in [0.5, 0.6) is 0 Å². The molecule has 14 heavy (non-hydrogen) atoms. The molecular formula is C11H18O3. The second-order valence-electron chi connectivity index (χ2n) is 4.85. The van der Waals surface area contributed by atoms with Gasteiger partial charge in [0.15, 0.2) is 0 Å². The zero-order valence-corrected chi connectivity index (χ0v) is 9.04. The molecular weight excluding hydrogens is 180 g/mol. The van der Waals surface area contributed by atoms with E-state index in [4.69, 9.17) is 5.11 Å². The number of ketones is 1. The molecule has 0 aromatic carbocycles. The molecule has 0 unspecified atom stereocenters. The van der Waals surface area contributed by atoms with E-state index in [2.05, 4.69) is 13.8 Å². The Labute approximate surface area is 84.5 Å². The number of hydrogen-bond donors (Lipinski definition) is 1. The summed E-state index contributed by atoms with van der Waals surface area (Å²) in [4.78, 5) is 21.6. The van der Waals surface area contributed by atoms with Gasteiger partial charge in [-0.2, -0.15) is 0 Å². The molecule has 1 aliphatic carbocycles. The topological polar surface area (TPSA) is 54.4 Å².